The van der Waals surface area contributed by atoms with Crippen LogP contribution in [0.2, 0.25) is 5.02 Å². The van der Waals surface area contributed by atoms with Crippen LogP contribution in [0.5, 0.6) is 11.5 Å². The summed E-state index contributed by atoms with van der Waals surface area (Å²) in [6.45, 7) is 0. The Morgan fingerprint density at radius 3 is 2.23 bits per heavy atom. The van der Waals surface area contributed by atoms with Crippen molar-refractivity contribution >= 4 is 34.7 Å². The van der Waals surface area contributed by atoms with Crippen molar-refractivity contribution in [3.8, 4) is 11.5 Å². The second kappa shape index (κ2) is 9.34. The fourth-order valence-electron chi connectivity index (χ4n) is 3.83. The molecule has 180 valence electrons. The first-order valence-corrected chi connectivity index (χ1v) is 10.5. The highest BCUT2D eigenvalue weighted by Gasteiger charge is 2.47. The first-order chi connectivity index (χ1) is 16.6. The standard InChI is InChI=1S/C25H17ClF3NO5/c1-34-19-12-7-15(13-18(19)26)22(31)20-21(14-5-3-2-4-6-14)30(24(33)23(20)32)16-8-10-17(11-9-16)35-25(27,28)29/h2-13,21,31H,1H3/b22-20-. The Labute approximate surface area is 202 Å². The number of benzene rings is 3. The van der Waals surface area contributed by atoms with E-state index < -0.39 is 35.6 Å². The number of carbonyl (C=O) groups is 2. The van der Waals surface area contributed by atoms with Gasteiger partial charge in [-0.15, -0.1) is 13.2 Å². The number of hydrogen-bond acceptors (Lipinski definition) is 5. The highest BCUT2D eigenvalue weighted by Crippen LogP contribution is 2.43. The van der Waals surface area contributed by atoms with E-state index >= 15 is 0 Å². The van der Waals surface area contributed by atoms with Gasteiger partial charge in [0.2, 0.25) is 0 Å². The van der Waals surface area contributed by atoms with E-state index in [0.29, 0.717) is 11.3 Å². The van der Waals surface area contributed by atoms with Gasteiger partial charge in [0.25, 0.3) is 11.7 Å². The van der Waals surface area contributed by atoms with Gasteiger partial charge >= 0.3 is 6.36 Å². The molecular weight excluding hydrogens is 487 g/mol. The van der Waals surface area contributed by atoms with Crippen LogP contribution in [0.25, 0.3) is 5.76 Å². The number of Topliss-reactive ketones (excluding diaryl/α,β-unsaturated/α-hetero) is 1. The Balaban J connectivity index is 1.84. The SMILES string of the molecule is COc1ccc(/C(O)=C2/C(=O)C(=O)N(c3ccc(OC(F)(F)F)cc3)C2c2ccccc2)cc1Cl. The fourth-order valence-corrected chi connectivity index (χ4v) is 4.08. The van der Waals surface area contributed by atoms with Crippen molar-refractivity contribution in [2.45, 2.75) is 12.4 Å². The normalized spacial score (nSPS) is 17.5. The molecule has 1 N–H and O–H groups in total. The molecule has 1 aliphatic rings. The van der Waals surface area contributed by atoms with E-state index in [0.717, 1.165) is 17.0 Å². The molecule has 4 rings (SSSR count). The van der Waals surface area contributed by atoms with Crippen molar-refractivity contribution in [3.05, 3.63) is 94.5 Å². The van der Waals surface area contributed by atoms with Crippen molar-refractivity contribution in [1.82, 2.24) is 0 Å². The van der Waals surface area contributed by atoms with Crippen LogP contribution < -0.4 is 14.4 Å². The molecule has 0 spiro atoms. The van der Waals surface area contributed by atoms with Gasteiger partial charge in [0.15, 0.2) is 0 Å². The van der Waals surface area contributed by atoms with Crippen LogP contribution in [0.4, 0.5) is 18.9 Å². The number of hydrogen-bond donors (Lipinski definition) is 1. The van der Waals surface area contributed by atoms with Gasteiger partial charge < -0.3 is 14.6 Å². The number of alkyl halides is 3. The molecule has 1 fully saturated rings. The Morgan fingerprint density at radius 1 is 1.00 bits per heavy atom. The van der Waals surface area contributed by atoms with Crippen LogP contribution in [0.15, 0.2) is 78.4 Å². The van der Waals surface area contributed by atoms with Crippen LogP contribution in [0, 0.1) is 0 Å². The lowest BCUT2D eigenvalue weighted by Gasteiger charge is -2.25. The minimum atomic E-state index is -4.88. The van der Waals surface area contributed by atoms with E-state index in [9.17, 15) is 27.9 Å². The molecule has 1 unspecified atom stereocenters. The summed E-state index contributed by atoms with van der Waals surface area (Å²) in [5, 5.41) is 11.3. The Kier molecular flexibility index (Phi) is 6.45. The van der Waals surface area contributed by atoms with E-state index in [1.807, 2.05) is 0 Å². The Hall–Kier alpha value is -3.98. The number of rotatable bonds is 5. The number of methoxy groups -OCH3 is 1. The summed E-state index contributed by atoms with van der Waals surface area (Å²) >= 11 is 6.17. The predicted molar refractivity (Wildman–Crippen MR) is 122 cm³/mol. The van der Waals surface area contributed by atoms with Gasteiger partial charge in [0.05, 0.1) is 23.7 Å². The average Bonchev–Trinajstić information content (AvgIpc) is 3.09. The average molecular weight is 504 g/mol. The number of anilines is 1. The first-order valence-electron chi connectivity index (χ1n) is 10.2. The maximum absolute atomic E-state index is 13.1. The molecule has 0 radical (unpaired) electrons. The van der Waals surface area contributed by atoms with E-state index in [1.54, 1.807) is 30.3 Å². The van der Waals surface area contributed by atoms with Gasteiger partial charge in [0.1, 0.15) is 17.3 Å². The lowest BCUT2D eigenvalue weighted by molar-refractivity contribution is -0.274. The topological polar surface area (TPSA) is 76.1 Å². The molecule has 0 aliphatic carbocycles. The van der Waals surface area contributed by atoms with Crippen molar-refractivity contribution in [3.63, 3.8) is 0 Å². The lowest BCUT2D eigenvalue weighted by atomic mass is 9.95. The number of ether oxygens (including phenoxy) is 2. The first kappa shape index (κ1) is 24.2. The molecule has 1 heterocycles. The van der Waals surface area contributed by atoms with Gasteiger partial charge in [-0.25, -0.2) is 0 Å². The second-order valence-electron chi connectivity index (χ2n) is 7.47. The van der Waals surface area contributed by atoms with Gasteiger partial charge in [-0.2, -0.15) is 0 Å². The largest absolute Gasteiger partial charge is 0.573 e. The molecule has 0 aromatic heterocycles. The van der Waals surface area contributed by atoms with Crippen LogP contribution in [-0.2, 0) is 9.59 Å². The molecule has 1 amide bonds. The lowest BCUT2D eigenvalue weighted by Crippen LogP contribution is -2.29. The number of aliphatic hydroxyl groups excluding tert-OH is 1. The highest BCUT2D eigenvalue weighted by atomic mass is 35.5. The maximum Gasteiger partial charge on any atom is 0.573 e. The number of carbonyl (C=O) groups excluding carboxylic acids is 2. The fraction of sp³-hybridized carbons (Fsp3) is 0.120. The van der Waals surface area contributed by atoms with E-state index in [-0.39, 0.29) is 21.8 Å². The zero-order chi connectivity index (χ0) is 25.3. The third-order valence-electron chi connectivity index (χ3n) is 5.33. The van der Waals surface area contributed by atoms with Crippen LogP contribution in [0.3, 0.4) is 0 Å². The number of aliphatic hydroxyl groups is 1. The molecule has 0 saturated carbocycles. The highest BCUT2D eigenvalue weighted by molar-refractivity contribution is 6.51. The molecule has 10 heteroatoms. The van der Waals surface area contributed by atoms with Gasteiger partial charge in [-0.1, -0.05) is 41.9 Å². The number of amides is 1. The molecule has 1 saturated heterocycles. The third kappa shape index (κ3) is 4.81. The summed E-state index contributed by atoms with van der Waals surface area (Å²) in [4.78, 5) is 27.3. The smallest absolute Gasteiger partial charge is 0.507 e. The van der Waals surface area contributed by atoms with Gasteiger partial charge in [-0.3, -0.25) is 14.5 Å². The Bertz CT molecular complexity index is 1310. The van der Waals surface area contributed by atoms with Crippen LogP contribution >= 0.6 is 11.6 Å². The van der Waals surface area contributed by atoms with E-state index in [2.05, 4.69) is 4.74 Å². The van der Waals surface area contributed by atoms with E-state index in [4.69, 9.17) is 16.3 Å². The quantitative estimate of drug-likeness (QED) is 0.267. The predicted octanol–water partition coefficient (Wildman–Crippen LogP) is 5.87. The van der Waals surface area contributed by atoms with Crippen LogP contribution in [-0.4, -0.2) is 30.3 Å². The summed E-state index contributed by atoms with van der Waals surface area (Å²) in [5.41, 5.74) is 0.632. The second-order valence-corrected chi connectivity index (χ2v) is 7.88. The number of ketones is 1. The molecule has 0 bridgehead atoms. The minimum absolute atomic E-state index is 0.141. The maximum atomic E-state index is 13.1. The van der Waals surface area contributed by atoms with Crippen molar-refractivity contribution in [2.24, 2.45) is 0 Å². The molecule has 3 aromatic carbocycles. The molecule has 6 nitrogen and oxygen atoms in total. The van der Waals surface area contributed by atoms with Crippen LogP contribution in [0.1, 0.15) is 17.2 Å². The Morgan fingerprint density at radius 2 is 1.66 bits per heavy atom. The van der Waals surface area contributed by atoms with Gasteiger partial charge in [-0.05, 0) is 48.0 Å². The zero-order valence-corrected chi connectivity index (χ0v) is 18.8. The molecule has 1 atom stereocenters. The molecule has 3 aromatic rings. The summed E-state index contributed by atoms with van der Waals surface area (Å²) in [7, 11) is 1.42. The van der Waals surface area contributed by atoms with Crippen molar-refractivity contribution in [2.75, 3.05) is 12.0 Å². The summed E-state index contributed by atoms with van der Waals surface area (Å²) in [5.74, 6) is -2.50. The van der Waals surface area contributed by atoms with Crippen molar-refractivity contribution < 1.29 is 37.3 Å². The monoisotopic (exact) mass is 503 g/mol. The summed E-state index contributed by atoms with van der Waals surface area (Å²) in [6, 6.07) is 16.3. The molecular formula is C25H17ClF3NO5. The van der Waals surface area contributed by atoms with E-state index in [1.165, 1.54) is 37.4 Å². The number of nitrogens with zero attached hydrogens (tertiary/aromatic N) is 1. The third-order valence-corrected chi connectivity index (χ3v) is 5.63. The van der Waals surface area contributed by atoms with Crippen molar-refractivity contribution in [1.29, 1.82) is 0 Å². The minimum Gasteiger partial charge on any atom is -0.507 e. The summed E-state index contributed by atoms with van der Waals surface area (Å²) < 4.78 is 46.6. The molecule has 35 heavy (non-hydrogen) atoms. The van der Waals surface area contributed by atoms with Gasteiger partial charge in [0, 0.05) is 11.3 Å². The zero-order valence-electron chi connectivity index (χ0n) is 18.0. The molecule has 1 aliphatic heterocycles. The number of halogens is 4. The summed E-state index contributed by atoms with van der Waals surface area (Å²) in [6.07, 6.45) is -4.88.